The van der Waals surface area contributed by atoms with Crippen LogP contribution in [0, 0.1) is 5.41 Å². The zero-order valence-electron chi connectivity index (χ0n) is 12.5. The predicted octanol–water partition coefficient (Wildman–Crippen LogP) is 2.18. The van der Waals surface area contributed by atoms with E-state index in [1.807, 2.05) is 12.1 Å². The van der Waals surface area contributed by atoms with Crippen LogP contribution in [0.2, 0.25) is 5.02 Å². The zero-order chi connectivity index (χ0) is 16.7. The van der Waals surface area contributed by atoms with E-state index in [4.69, 9.17) is 23.1 Å². The van der Waals surface area contributed by atoms with Crippen molar-refractivity contribution >= 4 is 21.4 Å². The Morgan fingerprint density at radius 2 is 1.52 bits per heavy atom. The number of hydrogen-bond donors (Lipinski definition) is 2. The molecule has 1 saturated carbocycles. The molecule has 0 aliphatic heterocycles. The molecule has 3 rings (SSSR count). The first-order valence-corrected chi connectivity index (χ1v) is 9.34. The van der Waals surface area contributed by atoms with Crippen molar-refractivity contribution < 1.29 is 8.42 Å². The van der Waals surface area contributed by atoms with Crippen molar-refractivity contribution in [2.24, 2.45) is 16.9 Å². The van der Waals surface area contributed by atoms with E-state index < -0.39 is 20.5 Å². The first-order valence-electron chi connectivity index (χ1n) is 7.42. The monoisotopic (exact) mass is 350 g/mol. The van der Waals surface area contributed by atoms with E-state index >= 15 is 0 Å². The van der Waals surface area contributed by atoms with Crippen molar-refractivity contribution in [3.05, 3.63) is 65.2 Å². The fourth-order valence-electron chi connectivity index (χ4n) is 3.44. The first kappa shape index (κ1) is 16.5. The molecule has 4 N–H and O–H groups in total. The molecular formula is C17H19ClN2O2S. The fraction of sp³-hybridized carbons (Fsp3) is 0.294. The molecule has 0 bridgehead atoms. The number of hydrogen-bond acceptors (Lipinski definition) is 4. The van der Waals surface area contributed by atoms with Crippen LogP contribution in [-0.2, 0) is 9.84 Å². The lowest BCUT2D eigenvalue weighted by atomic mass is 9.99. The second-order valence-electron chi connectivity index (χ2n) is 5.95. The summed E-state index contributed by atoms with van der Waals surface area (Å²) < 4.78 is 26.1. The third kappa shape index (κ3) is 2.58. The Kier molecular flexibility index (Phi) is 4.23. The van der Waals surface area contributed by atoms with Crippen molar-refractivity contribution in [3.8, 4) is 0 Å². The molecule has 2 aromatic carbocycles. The fourth-order valence-corrected chi connectivity index (χ4v) is 6.07. The molecule has 6 heteroatoms. The minimum Gasteiger partial charge on any atom is -0.330 e. The number of sulfone groups is 1. The van der Waals surface area contributed by atoms with Gasteiger partial charge in [-0.2, -0.15) is 0 Å². The molecule has 0 amide bonds. The molecule has 1 aliphatic rings. The van der Waals surface area contributed by atoms with Gasteiger partial charge in [-0.05, 0) is 29.8 Å². The number of benzene rings is 2. The summed E-state index contributed by atoms with van der Waals surface area (Å²) in [5.74, 6) is -0.208. The van der Waals surface area contributed by atoms with Gasteiger partial charge in [0.25, 0.3) is 0 Å². The molecule has 122 valence electrons. The highest BCUT2D eigenvalue weighted by molar-refractivity contribution is 7.92. The minimum absolute atomic E-state index is 0.208. The average Bonchev–Trinajstić information content (AvgIpc) is 3.27. The molecule has 1 fully saturated rings. The van der Waals surface area contributed by atoms with E-state index in [9.17, 15) is 8.42 Å². The summed E-state index contributed by atoms with van der Waals surface area (Å²) in [5, 5.41) is 0.0107. The Bertz CT molecular complexity index is 787. The number of nitrogens with two attached hydrogens (primary N) is 2. The van der Waals surface area contributed by atoms with Crippen LogP contribution >= 0.6 is 11.6 Å². The third-order valence-corrected chi connectivity index (χ3v) is 7.37. The van der Waals surface area contributed by atoms with Gasteiger partial charge in [0.1, 0.15) is 0 Å². The van der Waals surface area contributed by atoms with Gasteiger partial charge < -0.3 is 11.5 Å². The lowest BCUT2D eigenvalue weighted by Crippen LogP contribution is -2.31. The maximum absolute atomic E-state index is 13.0. The summed E-state index contributed by atoms with van der Waals surface area (Å²) in [7, 11) is -3.50. The zero-order valence-corrected chi connectivity index (χ0v) is 14.1. The highest BCUT2D eigenvalue weighted by Crippen LogP contribution is 2.62. The summed E-state index contributed by atoms with van der Waals surface area (Å²) in [6, 6.07) is 15.7. The Hall–Kier alpha value is -1.40. The van der Waals surface area contributed by atoms with Gasteiger partial charge in [-0.15, -0.1) is 0 Å². The average molecular weight is 351 g/mol. The summed E-state index contributed by atoms with van der Waals surface area (Å²) in [4.78, 5) is 0.313. The van der Waals surface area contributed by atoms with Gasteiger partial charge in [-0.3, -0.25) is 0 Å². The van der Waals surface area contributed by atoms with Crippen molar-refractivity contribution in [3.63, 3.8) is 0 Å². The number of rotatable bonds is 5. The SMILES string of the molecule is NCC1(CN)[C@@H](c2ccc(Cl)cc2)[C@@H]1S(=O)(=O)c1ccccc1. The van der Waals surface area contributed by atoms with E-state index in [2.05, 4.69) is 0 Å². The molecule has 0 spiro atoms. The molecule has 0 unspecified atom stereocenters. The smallest absolute Gasteiger partial charge is 0.182 e. The first-order chi connectivity index (χ1) is 11.0. The standard InChI is InChI=1S/C17H19ClN2O2S/c18-13-8-6-12(7-9-13)15-16(17(15,10-19)11-20)23(21,22)14-4-2-1-3-5-14/h1-9,15-16H,10-11,19-20H2/t15-,16-/m0/s1. The van der Waals surface area contributed by atoms with Gasteiger partial charge in [0.15, 0.2) is 9.84 Å². The van der Waals surface area contributed by atoms with Gasteiger partial charge in [0.05, 0.1) is 10.1 Å². The summed E-state index contributed by atoms with van der Waals surface area (Å²) in [5.41, 5.74) is 12.2. The molecule has 4 nitrogen and oxygen atoms in total. The van der Waals surface area contributed by atoms with Crippen molar-refractivity contribution in [1.29, 1.82) is 0 Å². The van der Waals surface area contributed by atoms with Crippen LogP contribution in [-0.4, -0.2) is 26.8 Å². The maximum Gasteiger partial charge on any atom is 0.182 e. The van der Waals surface area contributed by atoms with Crippen LogP contribution in [0.15, 0.2) is 59.5 Å². The van der Waals surface area contributed by atoms with Crippen LogP contribution < -0.4 is 11.5 Å². The van der Waals surface area contributed by atoms with Crippen LogP contribution in [0.25, 0.3) is 0 Å². The van der Waals surface area contributed by atoms with Crippen molar-refractivity contribution in [1.82, 2.24) is 0 Å². The summed E-state index contributed by atoms with van der Waals surface area (Å²) >= 11 is 5.93. The highest BCUT2D eigenvalue weighted by atomic mass is 35.5. The molecule has 0 aromatic heterocycles. The molecule has 0 radical (unpaired) electrons. The Labute approximate surface area is 141 Å². The molecular weight excluding hydrogens is 332 g/mol. The Balaban J connectivity index is 2.05. The van der Waals surface area contributed by atoms with Crippen molar-refractivity contribution in [2.75, 3.05) is 13.1 Å². The van der Waals surface area contributed by atoms with Crippen molar-refractivity contribution in [2.45, 2.75) is 16.1 Å². The summed E-state index contributed by atoms with van der Waals surface area (Å²) in [6.07, 6.45) is 0. The van der Waals surface area contributed by atoms with Gasteiger partial charge in [0, 0.05) is 29.4 Å². The van der Waals surface area contributed by atoms with Crippen LogP contribution in [0.1, 0.15) is 11.5 Å². The molecule has 1 aliphatic carbocycles. The molecule has 23 heavy (non-hydrogen) atoms. The highest BCUT2D eigenvalue weighted by Gasteiger charge is 2.69. The minimum atomic E-state index is -3.50. The predicted molar refractivity (Wildman–Crippen MR) is 92.2 cm³/mol. The van der Waals surface area contributed by atoms with E-state index in [-0.39, 0.29) is 19.0 Å². The van der Waals surface area contributed by atoms with E-state index in [0.717, 1.165) is 5.56 Å². The molecule has 2 atom stereocenters. The van der Waals surface area contributed by atoms with Gasteiger partial charge in [-0.25, -0.2) is 8.42 Å². The lowest BCUT2D eigenvalue weighted by molar-refractivity contribution is 0.510. The second kappa shape index (κ2) is 5.91. The largest absolute Gasteiger partial charge is 0.330 e. The molecule has 0 heterocycles. The van der Waals surface area contributed by atoms with E-state index in [1.54, 1.807) is 42.5 Å². The normalized spacial score (nSPS) is 22.7. The van der Waals surface area contributed by atoms with Crippen LogP contribution in [0.5, 0.6) is 0 Å². The Morgan fingerprint density at radius 3 is 2.04 bits per heavy atom. The quantitative estimate of drug-likeness (QED) is 0.865. The topological polar surface area (TPSA) is 86.2 Å². The lowest BCUT2D eigenvalue weighted by Gasteiger charge is -2.13. The second-order valence-corrected chi connectivity index (χ2v) is 8.46. The van der Waals surface area contributed by atoms with E-state index in [0.29, 0.717) is 9.92 Å². The van der Waals surface area contributed by atoms with Gasteiger partial charge >= 0.3 is 0 Å². The van der Waals surface area contributed by atoms with Gasteiger partial charge in [0.2, 0.25) is 0 Å². The third-order valence-electron chi connectivity index (χ3n) is 4.77. The molecule has 2 aromatic rings. The Morgan fingerprint density at radius 1 is 0.957 bits per heavy atom. The van der Waals surface area contributed by atoms with Gasteiger partial charge in [-0.1, -0.05) is 41.9 Å². The summed E-state index contributed by atoms with van der Waals surface area (Å²) in [6.45, 7) is 0.459. The maximum atomic E-state index is 13.0. The van der Waals surface area contributed by atoms with Crippen LogP contribution in [0.4, 0.5) is 0 Å². The van der Waals surface area contributed by atoms with Crippen LogP contribution in [0.3, 0.4) is 0 Å². The molecule has 0 saturated heterocycles. The number of halogens is 1. The van der Waals surface area contributed by atoms with E-state index in [1.165, 1.54) is 0 Å².